The molecule has 1 aromatic heterocycles. The lowest BCUT2D eigenvalue weighted by Crippen LogP contribution is -2.25. The standard InChI is InChI=1S/C10H18N4/c1-8(2)11-6-5-10-13-12-7-14(10)9-3-4-9/h7-9,11H,3-6H2,1-2H3. The number of aromatic nitrogens is 3. The molecule has 0 radical (unpaired) electrons. The van der Waals surface area contributed by atoms with Gasteiger partial charge in [-0.25, -0.2) is 0 Å². The highest BCUT2D eigenvalue weighted by atomic mass is 15.3. The summed E-state index contributed by atoms with van der Waals surface area (Å²) >= 11 is 0. The zero-order valence-electron chi connectivity index (χ0n) is 8.90. The normalized spacial score (nSPS) is 16.5. The number of nitrogens with one attached hydrogen (secondary N) is 1. The largest absolute Gasteiger partial charge is 0.314 e. The molecule has 0 saturated heterocycles. The van der Waals surface area contributed by atoms with Gasteiger partial charge in [0.15, 0.2) is 0 Å². The molecule has 0 atom stereocenters. The fourth-order valence-corrected chi connectivity index (χ4v) is 1.58. The third-order valence-corrected chi connectivity index (χ3v) is 2.49. The zero-order valence-corrected chi connectivity index (χ0v) is 8.90. The van der Waals surface area contributed by atoms with Crippen molar-refractivity contribution < 1.29 is 0 Å². The SMILES string of the molecule is CC(C)NCCc1nncn1C1CC1. The minimum absolute atomic E-state index is 0.548. The van der Waals surface area contributed by atoms with E-state index < -0.39 is 0 Å². The van der Waals surface area contributed by atoms with Crippen LogP contribution >= 0.6 is 0 Å². The van der Waals surface area contributed by atoms with Gasteiger partial charge in [-0.3, -0.25) is 0 Å². The molecule has 0 spiro atoms. The lowest BCUT2D eigenvalue weighted by Gasteiger charge is -2.08. The van der Waals surface area contributed by atoms with E-state index >= 15 is 0 Å². The number of hydrogen-bond donors (Lipinski definition) is 1. The van der Waals surface area contributed by atoms with Gasteiger partial charge in [0, 0.05) is 25.0 Å². The average molecular weight is 194 g/mol. The van der Waals surface area contributed by atoms with Crippen LogP contribution in [0.25, 0.3) is 0 Å². The van der Waals surface area contributed by atoms with Crippen LogP contribution in [-0.4, -0.2) is 27.4 Å². The van der Waals surface area contributed by atoms with Gasteiger partial charge in [0.1, 0.15) is 12.2 Å². The predicted octanol–water partition coefficient (Wildman–Crippen LogP) is 1.15. The van der Waals surface area contributed by atoms with Gasteiger partial charge in [-0.15, -0.1) is 10.2 Å². The molecule has 1 saturated carbocycles. The van der Waals surface area contributed by atoms with Crippen molar-refractivity contribution in [3.63, 3.8) is 0 Å². The van der Waals surface area contributed by atoms with Crippen LogP contribution in [0.3, 0.4) is 0 Å². The van der Waals surface area contributed by atoms with E-state index in [-0.39, 0.29) is 0 Å². The molecule has 0 aromatic carbocycles. The Morgan fingerprint density at radius 3 is 3.00 bits per heavy atom. The molecule has 14 heavy (non-hydrogen) atoms. The van der Waals surface area contributed by atoms with Gasteiger partial charge in [-0.2, -0.15) is 0 Å². The molecular weight excluding hydrogens is 176 g/mol. The minimum atomic E-state index is 0.548. The van der Waals surface area contributed by atoms with E-state index in [1.54, 1.807) is 0 Å². The Balaban J connectivity index is 1.85. The summed E-state index contributed by atoms with van der Waals surface area (Å²) in [5.74, 6) is 1.13. The predicted molar refractivity (Wildman–Crippen MR) is 55.1 cm³/mol. The Kier molecular flexibility index (Phi) is 2.82. The Morgan fingerprint density at radius 1 is 1.57 bits per heavy atom. The third kappa shape index (κ3) is 2.32. The molecule has 0 bridgehead atoms. The quantitative estimate of drug-likeness (QED) is 0.764. The van der Waals surface area contributed by atoms with E-state index in [9.17, 15) is 0 Å². The van der Waals surface area contributed by atoms with Gasteiger partial charge >= 0.3 is 0 Å². The maximum absolute atomic E-state index is 4.15. The van der Waals surface area contributed by atoms with E-state index in [1.807, 2.05) is 6.33 Å². The Hall–Kier alpha value is -0.900. The maximum Gasteiger partial charge on any atom is 0.134 e. The van der Waals surface area contributed by atoms with Gasteiger partial charge in [0.05, 0.1) is 0 Å². The Bertz CT molecular complexity index is 288. The van der Waals surface area contributed by atoms with Crippen molar-refractivity contribution in [2.24, 2.45) is 0 Å². The molecule has 1 aliphatic carbocycles. The number of nitrogens with zero attached hydrogens (tertiary/aromatic N) is 3. The van der Waals surface area contributed by atoms with Crippen molar-refractivity contribution in [1.29, 1.82) is 0 Å². The van der Waals surface area contributed by atoms with Crippen LogP contribution in [0.15, 0.2) is 6.33 Å². The molecule has 2 rings (SSSR count). The van der Waals surface area contributed by atoms with Gasteiger partial charge in [0.2, 0.25) is 0 Å². The van der Waals surface area contributed by atoms with Crippen LogP contribution in [0.5, 0.6) is 0 Å². The van der Waals surface area contributed by atoms with E-state index in [1.165, 1.54) is 12.8 Å². The summed E-state index contributed by atoms with van der Waals surface area (Å²) < 4.78 is 2.22. The van der Waals surface area contributed by atoms with Gasteiger partial charge in [-0.1, -0.05) is 13.8 Å². The molecular formula is C10H18N4. The van der Waals surface area contributed by atoms with Crippen molar-refractivity contribution in [2.75, 3.05) is 6.54 Å². The minimum Gasteiger partial charge on any atom is -0.314 e. The topological polar surface area (TPSA) is 42.7 Å². The molecule has 0 aliphatic heterocycles. The van der Waals surface area contributed by atoms with Crippen LogP contribution in [0.2, 0.25) is 0 Å². The fraction of sp³-hybridized carbons (Fsp3) is 0.800. The lowest BCUT2D eigenvalue weighted by atomic mass is 10.3. The van der Waals surface area contributed by atoms with Crippen LogP contribution in [0.1, 0.15) is 38.6 Å². The maximum atomic E-state index is 4.15. The second-order valence-electron chi connectivity index (χ2n) is 4.24. The molecule has 1 heterocycles. The Labute approximate surface area is 84.7 Å². The van der Waals surface area contributed by atoms with Crippen molar-refractivity contribution in [3.05, 3.63) is 12.2 Å². The first-order valence-corrected chi connectivity index (χ1v) is 5.39. The summed E-state index contributed by atoms with van der Waals surface area (Å²) in [6, 6.07) is 1.24. The molecule has 4 heteroatoms. The first-order valence-electron chi connectivity index (χ1n) is 5.39. The van der Waals surface area contributed by atoms with Gasteiger partial charge in [-0.05, 0) is 12.8 Å². The van der Waals surface area contributed by atoms with E-state index in [0.717, 1.165) is 18.8 Å². The van der Waals surface area contributed by atoms with Crippen LogP contribution < -0.4 is 5.32 Å². The fourth-order valence-electron chi connectivity index (χ4n) is 1.58. The summed E-state index contributed by atoms with van der Waals surface area (Å²) in [6.45, 7) is 5.31. The van der Waals surface area contributed by atoms with E-state index in [2.05, 4.69) is 33.9 Å². The molecule has 1 fully saturated rings. The molecule has 4 nitrogen and oxygen atoms in total. The summed E-state index contributed by atoms with van der Waals surface area (Å²) in [5, 5.41) is 11.5. The van der Waals surface area contributed by atoms with Crippen LogP contribution in [0.4, 0.5) is 0 Å². The van der Waals surface area contributed by atoms with E-state index in [4.69, 9.17) is 0 Å². The Morgan fingerprint density at radius 2 is 2.36 bits per heavy atom. The summed E-state index contributed by atoms with van der Waals surface area (Å²) in [4.78, 5) is 0. The molecule has 1 aliphatic rings. The average Bonchev–Trinajstić information content (AvgIpc) is 2.87. The van der Waals surface area contributed by atoms with E-state index in [0.29, 0.717) is 12.1 Å². The van der Waals surface area contributed by atoms with Crippen molar-refractivity contribution in [2.45, 2.75) is 45.2 Å². The van der Waals surface area contributed by atoms with Crippen molar-refractivity contribution in [3.8, 4) is 0 Å². The first kappa shape index (κ1) is 9.65. The summed E-state index contributed by atoms with van der Waals surface area (Å²) in [6.07, 6.45) is 5.43. The highest BCUT2D eigenvalue weighted by Crippen LogP contribution is 2.35. The highest BCUT2D eigenvalue weighted by molar-refractivity contribution is 4.95. The summed E-state index contributed by atoms with van der Waals surface area (Å²) in [5.41, 5.74) is 0. The summed E-state index contributed by atoms with van der Waals surface area (Å²) in [7, 11) is 0. The molecule has 0 unspecified atom stereocenters. The first-order chi connectivity index (χ1) is 6.77. The smallest absolute Gasteiger partial charge is 0.134 e. The third-order valence-electron chi connectivity index (χ3n) is 2.49. The van der Waals surface area contributed by atoms with Gasteiger partial charge in [0.25, 0.3) is 0 Å². The monoisotopic (exact) mass is 194 g/mol. The zero-order chi connectivity index (χ0) is 9.97. The van der Waals surface area contributed by atoms with Crippen molar-refractivity contribution in [1.82, 2.24) is 20.1 Å². The number of hydrogen-bond acceptors (Lipinski definition) is 3. The molecule has 0 amide bonds. The van der Waals surface area contributed by atoms with Gasteiger partial charge < -0.3 is 9.88 Å². The molecule has 1 N–H and O–H groups in total. The van der Waals surface area contributed by atoms with Crippen LogP contribution in [0, 0.1) is 0 Å². The molecule has 1 aromatic rings. The van der Waals surface area contributed by atoms with Crippen LogP contribution in [-0.2, 0) is 6.42 Å². The molecule has 78 valence electrons. The second-order valence-corrected chi connectivity index (χ2v) is 4.24. The highest BCUT2D eigenvalue weighted by Gasteiger charge is 2.25. The number of rotatable bonds is 5. The van der Waals surface area contributed by atoms with Crippen molar-refractivity contribution >= 4 is 0 Å². The lowest BCUT2D eigenvalue weighted by molar-refractivity contribution is 0.568. The second kappa shape index (κ2) is 4.09.